The zero-order valence-electron chi connectivity index (χ0n) is 19.0. The van der Waals surface area contributed by atoms with Crippen molar-refractivity contribution < 1.29 is 8.42 Å². The van der Waals surface area contributed by atoms with Gasteiger partial charge in [0.05, 0.1) is 5.02 Å². The van der Waals surface area contributed by atoms with Crippen LogP contribution in [-0.2, 0) is 16.6 Å². The van der Waals surface area contributed by atoms with Gasteiger partial charge < -0.3 is 4.90 Å². The van der Waals surface area contributed by atoms with Gasteiger partial charge in [0.1, 0.15) is 11.2 Å². The zero-order chi connectivity index (χ0) is 24.3. The van der Waals surface area contributed by atoms with Gasteiger partial charge in [-0.2, -0.15) is 8.42 Å². The number of pyridine rings is 1. The minimum Gasteiger partial charge on any atom is -0.368 e. The lowest BCUT2D eigenvalue weighted by atomic mass is 10.1. The van der Waals surface area contributed by atoms with E-state index in [0.29, 0.717) is 11.8 Å². The summed E-state index contributed by atoms with van der Waals surface area (Å²) in [5, 5.41) is 3.05. The number of nitrogens with zero attached hydrogens (tertiary/aromatic N) is 4. The molecule has 0 radical (unpaired) electrons. The van der Waals surface area contributed by atoms with Crippen LogP contribution in [-0.4, -0.2) is 62.0 Å². The first kappa shape index (κ1) is 25.4. The highest BCUT2D eigenvalue weighted by molar-refractivity contribution is 9.10. The number of benzene rings is 2. The largest absolute Gasteiger partial charge is 0.368 e. The van der Waals surface area contributed by atoms with Crippen molar-refractivity contribution in [2.45, 2.75) is 34.4 Å². The summed E-state index contributed by atoms with van der Waals surface area (Å²) >= 11 is 11.8. The van der Waals surface area contributed by atoms with Gasteiger partial charge in [-0.25, -0.2) is 0 Å². The second-order valence-electron chi connectivity index (χ2n) is 8.52. The summed E-state index contributed by atoms with van der Waals surface area (Å²) in [6, 6.07) is 11.6. The number of fused-ring (bicyclic) bond motifs is 1. The van der Waals surface area contributed by atoms with Crippen molar-refractivity contribution in [3.05, 3.63) is 63.9 Å². The van der Waals surface area contributed by atoms with Crippen LogP contribution in [0, 0.1) is 0 Å². The summed E-state index contributed by atoms with van der Waals surface area (Å²) in [5.74, 6) is 0. The van der Waals surface area contributed by atoms with Gasteiger partial charge in [-0.05, 0) is 83.1 Å². The Kier molecular flexibility index (Phi) is 8.20. The van der Waals surface area contributed by atoms with Gasteiger partial charge in [0, 0.05) is 53.0 Å². The molecule has 0 unspecified atom stereocenters. The van der Waals surface area contributed by atoms with Crippen molar-refractivity contribution in [3.63, 3.8) is 0 Å². The molecule has 0 spiro atoms. The molecule has 0 aliphatic carbocycles. The van der Waals surface area contributed by atoms with Crippen molar-refractivity contribution in [2.75, 3.05) is 27.2 Å². The molecule has 0 atom stereocenters. The van der Waals surface area contributed by atoms with Gasteiger partial charge in [-0.1, -0.05) is 17.7 Å². The second kappa shape index (κ2) is 11.0. The van der Waals surface area contributed by atoms with Crippen LogP contribution in [0.2, 0.25) is 5.02 Å². The Bertz CT molecular complexity index is 1310. The molecule has 0 saturated carbocycles. The predicted molar refractivity (Wildman–Crippen MR) is 144 cm³/mol. The van der Waals surface area contributed by atoms with E-state index in [2.05, 4.69) is 42.3 Å². The molecular formula is C24H26BrClN4O2S2. The topological polar surface area (TPSA) is 65.9 Å². The number of halogens is 2. The average Bonchev–Trinajstić information content (AvgIpc) is 2.81. The Morgan fingerprint density at radius 1 is 1.21 bits per heavy atom. The predicted octanol–water partition coefficient (Wildman–Crippen LogP) is 5.69. The van der Waals surface area contributed by atoms with Crippen LogP contribution in [0.3, 0.4) is 0 Å². The first-order valence-corrected chi connectivity index (χ1v) is 14.4. The number of rotatable bonds is 7. The highest BCUT2D eigenvalue weighted by Crippen LogP contribution is 2.37. The van der Waals surface area contributed by atoms with Gasteiger partial charge in [-0.3, -0.25) is 9.88 Å². The van der Waals surface area contributed by atoms with E-state index in [1.165, 1.54) is 16.6 Å². The third-order valence-corrected chi connectivity index (χ3v) is 9.64. The summed E-state index contributed by atoms with van der Waals surface area (Å²) < 4.78 is 30.0. The van der Waals surface area contributed by atoms with Crippen molar-refractivity contribution >= 4 is 66.4 Å². The lowest BCUT2D eigenvalue weighted by Crippen LogP contribution is -2.34. The maximum atomic E-state index is 12.6. The molecule has 0 N–H and O–H groups in total. The molecule has 4 rings (SSSR count). The Hall–Kier alpha value is -1.65. The van der Waals surface area contributed by atoms with E-state index in [-0.39, 0.29) is 9.92 Å². The minimum absolute atomic E-state index is 0.0477. The van der Waals surface area contributed by atoms with E-state index in [1.54, 1.807) is 31.1 Å². The third-order valence-electron chi connectivity index (χ3n) is 5.62. The van der Waals surface area contributed by atoms with E-state index in [0.717, 1.165) is 41.4 Å². The molecule has 2 heterocycles. The Balaban J connectivity index is 1.39. The number of hydrogen-bond acceptors (Lipinski definition) is 5. The molecule has 180 valence electrons. The number of hydrogen-bond donors (Lipinski definition) is 0. The summed E-state index contributed by atoms with van der Waals surface area (Å²) in [6.45, 7) is 2.59. The number of aromatic nitrogens is 1. The molecule has 1 aliphatic heterocycles. The Morgan fingerprint density at radius 2 is 1.97 bits per heavy atom. The molecule has 2 aromatic carbocycles. The van der Waals surface area contributed by atoms with Crippen LogP contribution in [0.4, 0.5) is 0 Å². The number of piperidine rings is 1. The van der Waals surface area contributed by atoms with Crippen LogP contribution >= 0.6 is 39.3 Å². The van der Waals surface area contributed by atoms with Crippen molar-refractivity contribution in [1.82, 2.24) is 14.8 Å². The number of thioether (sulfide) groups is 1. The van der Waals surface area contributed by atoms with E-state index >= 15 is 0 Å². The molecule has 3 aromatic rings. The normalized spacial score (nSPS) is 15.9. The van der Waals surface area contributed by atoms with Gasteiger partial charge in [-0.15, -0.1) is 16.2 Å². The minimum atomic E-state index is -3.85. The SMILES string of the molecule is CN(C)/C=N/S(=O)(=O)c1cc(CN2CCC(Sc3cc4ccncc4cc3Br)CC2)ccc1Cl. The third kappa shape index (κ3) is 6.31. The molecular weight excluding hydrogens is 556 g/mol. The van der Waals surface area contributed by atoms with Crippen LogP contribution < -0.4 is 0 Å². The summed E-state index contributed by atoms with van der Waals surface area (Å²) in [7, 11) is -0.412. The van der Waals surface area contributed by atoms with Gasteiger partial charge >= 0.3 is 0 Å². The maximum Gasteiger partial charge on any atom is 0.285 e. The fourth-order valence-electron chi connectivity index (χ4n) is 3.86. The van der Waals surface area contributed by atoms with Crippen LogP contribution in [0.1, 0.15) is 18.4 Å². The van der Waals surface area contributed by atoms with E-state index in [4.69, 9.17) is 11.6 Å². The van der Waals surface area contributed by atoms with E-state index < -0.39 is 10.0 Å². The smallest absolute Gasteiger partial charge is 0.285 e. The van der Waals surface area contributed by atoms with Crippen LogP contribution in [0.5, 0.6) is 0 Å². The molecule has 0 bridgehead atoms. The van der Waals surface area contributed by atoms with Crippen molar-refractivity contribution in [2.24, 2.45) is 4.40 Å². The van der Waals surface area contributed by atoms with Crippen LogP contribution in [0.25, 0.3) is 10.8 Å². The summed E-state index contributed by atoms with van der Waals surface area (Å²) in [5.41, 5.74) is 0.917. The monoisotopic (exact) mass is 580 g/mol. The quantitative estimate of drug-likeness (QED) is 0.264. The van der Waals surface area contributed by atoms with Gasteiger partial charge in [0.2, 0.25) is 0 Å². The van der Waals surface area contributed by atoms with Gasteiger partial charge in [0.15, 0.2) is 0 Å². The summed E-state index contributed by atoms with van der Waals surface area (Å²) in [4.78, 5) is 9.44. The number of sulfonamides is 1. The average molecular weight is 582 g/mol. The van der Waals surface area contributed by atoms with E-state index in [9.17, 15) is 8.42 Å². The lowest BCUT2D eigenvalue weighted by Gasteiger charge is -2.32. The zero-order valence-corrected chi connectivity index (χ0v) is 23.0. The summed E-state index contributed by atoms with van der Waals surface area (Å²) in [6.07, 6.45) is 7.11. The van der Waals surface area contributed by atoms with E-state index in [1.807, 2.05) is 36.3 Å². The Labute approximate surface area is 218 Å². The maximum absolute atomic E-state index is 12.6. The molecule has 1 aliphatic rings. The second-order valence-corrected chi connectivity index (χ2v) is 12.7. The molecule has 1 aromatic heterocycles. The highest BCUT2D eigenvalue weighted by atomic mass is 79.9. The number of likely N-dealkylation sites (tertiary alicyclic amines) is 1. The first-order valence-electron chi connectivity index (χ1n) is 10.9. The lowest BCUT2D eigenvalue weighted by molar-refractivity contribution is 0.224. The highest BCUT2D eigenvalue weighted by Gasteiger charge is 2.23. The molecule has 1 fully saturated rings. The van der Waals surface area contributed by atoms with Crippen LogP contribution in [0.15, 0.2) is 67.5 Å². The molecule has 34 heavy (non-hydrogen) atoms. The molecule has 1 saturated heterocycles. The fourth-order valence-corrected chi connectivity index (χ4v) is 7.12. The molecule has 0 amide bonds. The Morgan fingerprint density at radius 3 is 2.71 bits per heavy atom. The van der Waals surface area contributed by atoms with Gasteiger partial charge in [0.25, 0.3) is 10.0 Å². The molecule has 6 nitrogen and oxygen atoms in total. The van der Waals surface area contributed by atoms with Crippen molar-refractivity contribution in [1.29, 1.82) is 0 Å². The first-order chi connectivity index (χ1) is 16.2. The standard InChI is InChI=1S/C24H26BrClN4O2S2/c1-29(2)16-28-34(31,32)24-11-17(3-4-22(24)26)15-30-9-6-20(7-10-30)33-23-13-18-5-8-27-14-19(18)12-21(23)25/h3-5,8,11-14,16,20H,6-7,9-10,15H2,1-2H3/b28-16+. The molecule has 10 heteroatoms. The fraction of sp³-hybridized carbons (Fsp3) is 0.333. The van der Waals surface area contributed by atoms with Crippen molar-refractivity contribution in [3.8, 4) is 0 Å².